The Morgan fingerprint density at radius 1 is 0.879 bits per heavy atom. The van der Waals surface area contributed by atoms with Gasteiger partial charge in [0.1, 0.15) is 18.1 Å². The van der Waals surface area contributed by atoms with E-state index >= 15 is 0 Å². The van der Waals surface area contributed by atoms with Gasteiger partial charge >= 0.3 is 5.97 Å². The maximum atomic E-state index is 12.7. The molecule has 2 aromatic carbocycles. The van der Waals surface area contributed by atoms with Crippen LogP contribution < -0.4 is 0 Å². The van der Waals surface area contributed by atoms with Crippen LogP contribution in [0.4, 0.5) is 0 Å². The van der Waals surface area contributed by atoms with Crippen molar-refractivity contribution in [2.24, 2.45) is 5.92 Å². The summed E-state index contributed by atoms with van der Waals surface area (Å²) in [4.78, 5) is 12.7. The monoisotopic (exact) mass is 454 g/mol. The van der Waals surface area contributed by atoms with E-state index in [9.17, 15) is 4.79 Å². The normalized spacial score (nSPS) is 24.1. The Balaban J connectivity index is 1.42. The van der Waals surface area contributed by atoms with Gasteiger partial charge in [-0.2, -0.15) is 0 Å². The van der Waals surface area contributed by atoms with E-state index in [1.54, 1.807) is 0 Å². The second kappa shape index (κ2) is 11.7. The molecule has 4 rings (SSSR count). The third-order valence-electron chi connectivity index (χ3n) is 6.27. The minimum Gasteiger partial charge on any atom is -0.466 e. The molecule has 178 valence electrons. The second-order valence-electron chi connectivity index (χ2n) is 8.68. The first-order valence-electron chi connectivity index (χ1n) is 12.0. The molecular formula is C27H34O6. The van der Waals surface area contributed by atoms with Gasteiger partial charge in [-0.25, -0.2) is 0 Å². The highest BCUT2D eigenvalue weighted by molar-refractivity contribution is 5.73. The van der Waals surface area contributed by atoms with Crippen LogP contribution in [0, 0.1) is 5.92 Å². The predicted molar refractivity (Wildman–Crippen MR) is 123 cm³/mol. The van der Waals surface area contributed by atoms with Crippen molar-refractivity contribution in [1.82, 2.24) is 0 Å². The van der Waals surface area contributed by atoms with Gasteiger partial charge in [-0.05, 0) is 30.9 Å². The lowest BCUT2D eigenvalue weighted by Crippen LogP contribution is -2.47. The van der Waals surface area contributed by atoms with E-state index in [1.807, 2.05) is 67.6 Å². The fourth-order valence-electron chi connectivity index (χ4n) is 4.65. The third-order valence-corrected chi connectivity index (χ3v) is 6.27. The Bertz CT molecular complexity index is 802. The highest BCUT2D eigenvalue weighted by atomic mass is 16.8. The average molecular weight is 455 g/mol. The standard InChI is InChI=1S/C27H34O6/c1-2-31-26(28)23-15-9-10-16-27(23)32-24(19-29-17-21-11-5-3-6-12-21)25(33-27)20-30-18-22-13-7-4-8-14-22/h3-8,11-14,23-25H,2,9-10,15-20H2,1H3/t23?,24-,25-/m0/s1. The number of hydrogen-bond donors (Lipinski definition) is 0. The molecule has 0 aromatic heterocycles. The lowest BCUT2D eigenvalue weighted by molar-refractivity contribution is -0.237. The molecule has 1 saturated heterocycles. The molecule has 6 nitrogen and oxygen atoms in total. The molecule has 0 bridgehead atoms. The van der Waals surface area contributed by atoms with Gasteiger partial charge in [-0.15, -0.1) is 0 Å². The van der Waals surface area contributed by atoms with Crippen LogP contribution in [-0.4, -0.2) is 43.8 Å². The lowest BCUT2D eigenvalue weighted by atomic mass is 9.83. The maximum absolute atomic E-state index is 12.7. The maximum Gasteiger partial charge on any atom is 0.314 e. The minimum absolute atomic E-state index is 0.244. The van der Waals surface area contributed by atoms with Crippen molar-refractivity contribution in [3.05, 3.63) is 71.8 Å². The number of hydrogen-bond acceptors (Lipinski definition) is 6. The Morgan fingerprint density at radius 2 is 1.42 bits per heavy atom. The van der Waals surface area contributed by atoms with E-state index in [1.165, 1.54) is 0 Å². The Hall–Kier alpha value is -2.25. The first-order chi connectivity index (χ1) is 16.2. The van der Waals surface area contributed by atoms with Crippen molar-refractivity contribution in [3.63, 3.8) is 0 Å². The summed E-state index contributed by atoms with van der Waals surface area (Å²) in [6, 6.07) is 20.1. The van der Waals surface area contributed by atoms with E-state index in [4.69, 9.17) is 23.7 Å². The molecule has 1 unspecified atom stereocenters. The van der Waals surface area contributed by atoms with Crippen LogP contribution in [0.2, 0.25) is 0 Å². The first kappa shape index (κ1) is 23.9. The Labute approximate surface area is 196 Å². The van der Waals surface area contributed by atoms with Crippen molar-refractivity contribution in [2.75, 3.05) is 19.8 Å². The number of carbonyl (C=O) groups is 1. The van der Waals surface area contributed by atoms with E-state index < -0.39 is 11.7 Å². The Morgan fingerprint density at radius 3 is 1.94 bits per heavy atom. The number of esters is 1. The molecule has 2 fully saturated rings. The van der Waals surface area contributed by atoms with Gasteiger partial charge < -0.3 is 23.7 Å². The van der Waals surface area contributed by atoms with Crippen molar-refractivity contribution in [2.45, 2.75) is 63.8 Å². The lowest BCUT2D eigenvalue weighted by Gasteiger charge is -2.38. The van der Waals surface area contributed by atoms with Crippen LogP contribution in [0.15, 0.2) is 60.7 Å². The summed E-state index contributed by atoms with van der Waals surface area (Å²) < 4.78 is 30.3. The largest absolute Gasteiger partial charge is 0.466 e. The summed E-state index contributed by atoms with van der Waals surface area (Å²) in [7, 11) is 0. The molecule has 3 atom stereocenters. The van der Waals surface area contributed by atoms with Crippen molar-refractivity contribution in [3.8, 4) is 0 Å². The Kier molecular flexibility index (Phi) is 8.51. The van der Waals surface area contributed by atoms with Crippen LogP contribution in [0.25, 0.3) is 0 Å². The van der Waals surface area contributed by atoms with Crippen LogP contribution >= 0.6 is 0 Å². The van der Waals surface area contributed by atoms with Gasteiger partial charge in [0.05, 0.1) is 33.0 Å². The molecule has 2 aromatic rings. The zero-order chi connectivity index (χ0) is 22.9. The first-order valence-corrected chi connectivity index (χ1v) is 12.0. The minimum atomic E-state index is -0.966. The van der Waals surface area contributed by atoms with E-state index in [2.05, 4.69) is 0 Å². The van der Waals surface area contributed by atoms with Gasteiger partial charge in [0, 0.05) is 6.42 Å². The summed E-state index contributed by atoms with van der Waals surface area (Å²) in [5.74, 6) is -1.64. The van der Waals surface area contributed by atoms with Gasteiger partial charge in [0.2, 0.25) is 0 Å². The summed E-state index contributed by atoms with van der Waals surface area (Å²) in [6.45, 7) is 3.89. The molecule has 1 saturated carbocycles. The molecular weight excluding hydrogens is 420 g/mol. The molecule has 6 heteroatoms. The molecule has 1 aliphatic carbocycles. The van der Waals surface area contributed by atoms with Crippen molar-refractivity contribution >= 4 is 5.97 Å². The molecule has 2 aliphatic rings. The molecule has 1 aliphatic heterocycles. The van der Waals surface area contributed by atoms with E-state index in [0.29, 0.717) is 45.9 Å². The molecule has 0 N–H and O–H groups in total. The van der Waals surface area contributed by atoms with Gasteiger partial charge in [-0.3, -0.25) is 4.79 Å². The fraction of sp³-hybridized carbons (Fsp3) is 0.519. The highest BCUT2D eigenvalue weighted by Crippen LogP contribution is 2.45. The summed E-state index contributed by atoms with van der Waals surface area (Å²) in [6.07, 6.45) is 2.64. The van der Waals surface area contributed by atoms with E-state index in [-0.39, 0.29) is 18.2 Å². The number of carbonyl (C=O) groups excluding carboxylic acids is 1. The zero-order valence-electron chi connectivity index (χ0n) is 19.3. The smallest absolute Gasteiger partial charge is 0.314 e. The van der Waals surface area contributed by atoms with Crippen molar-refractivity contribution < 1.29 is 28.5 Å². The van der Waals surface area contributed by atoms with Crippen molar-refractivity contribution in [1.29, 1.82) is 0 Å². The SMILES string of the molecule is CCOC(=O)C1CCCCC12O[C@@H](COCc1ccccc1)[C@H](COCc1ccccc1)O2. The van der Waals surface area contributed by atoms with Crippen LogP contribution in [-0.2, 0) is 41.7 Å². The molecule has 33 heavy (non-hydrogen) atoms. The summed E-state index contributed by atoms with van der Waals surface area (Å²) >= 11 is 0. The summed E-state index contributed by atoms with van der Waals surface area (Å²) in [5, 5.41) is 0. The highest BCUT2D eigenvalue weighted by Gasteiger charge is 2.56. The molecule has 0 radical (unpaired) electrons. The number of rotatable bonds is 10. The van der Waals surface area contributed by atoms with E-state index in [0.717, 1.165) is 24.0 Å². The average Bonchev–Trinajstić information content (AvgIpc) is 3.18. The second-order valence-corrected chi connectivity index (χ2v) is 8.68. The zero-order valence-corrected chi connectivity index (χ0v) is 19.3. The number of ether oxygens (including phenoxy) is 5. The van der Waals surface area contributed by atoms with Crippen LogP contribution in [0.1, 0.15) is 43.7 Å². The molecule has 0 amide bonds. The fourth-order valence-corrected chi connectivity index (χ4v) is 4.65. The molecule has 1 spiro atoms. The van der Waals surface area contributed by atoms with Gasteiger partial charge in [-0.1, -0.05) is 67.1 Å². The molecule has 1 heterocycles. The topological polar surface area (TPSA) is 63.2 Å². The predicted octanol–water partition coefficient (Wildman–Crippen LogP) is 4.65. The number of benzene rings is 2. The van der Waals surface area contributed by atoms with Gasteiger partial charge in [0.25, 0.3) is 0 Å². The summed E-state index contributed by atoms with van der Waals surface area (Å²) in [5.41, 5.74) is 2.20. The van der Waals surface area contributed by atoms with Gasteiger partial charge in [0.15, 0.2) is 5.79 Å². The van der Waals surface area contributed by atoms with Crippen LogP contribution in [0.3, 0.4) is 0 Å². The quantitative estimate of drug-likeness (QED) is 0.487. The third kappa shape index (κ3) is 6.21. The van der Waals surface area contributed by atoms with Crippen LogP contribution in [0.5, 0.6) is 0 Å².